The van der Waals surface area contributed by atoms with E-state index in [1.165, 1.54) is 29.5 Å². The van der Waals surface area contributed by atoms with Crippen LogP contribution in [0.25, 0.3) is 0 Å². The van der Waals surface area contributed by atoms with Gasteiger partial charge < -0.3 is 4.74 Å². The lowest BCUT2D eigenvalue weighted by Gasteiger charge is -2.24. The molecule has 2 heterocycles. The predicted octanol–water partition coefficient (Wildman–Crippen LogP) is 2.65. The van der Waals surface area contributed by atoms with Gasteiger partial charge in [-0.2, -0.15) is 14.3 Å². The van der Waals surface area contributed by atoms with Crippen molar-refractivity contribution in [2.24, 2.45) is 5.92 Å². The van der Waals surface area contributed by atoms with Gasteiger partial charge in [-0.15, -0.1) is 11.8 Å². The van der Waals surface area contributed by atoms with Gasteiger partial charge in [0.15, 0.2) is 5.25 Å². The highest BCUT2D eigenvalue weighted by Gasteiger charge is 2.49. The minimum absolute atomic E-state index is 0.118. The van der Waals surface area contributed by atoms with Gasteiger partial charge in [0.25, 0.3) is 0 Å². The summed E-state index contributed by atoms with van der Waals surface area (Å²) in [7, 11) is 1.62. The molecule has 0 saturated heterocycles. The molecule has 6 heteroatoms. The van der Waals surface area contributed by atoms with Crippen molar-refractivity contribution < 1.29 is 18.9 Å². The van der Waals surface area contributed by atoms with Crippen molar-refractivity contribution in [1.29, 1.82) is 0 Å². The standard InChI is InChI=1S/C18H19N2O3S/c1-23-14-6-4-13(5-7-14)11-20-17(21)16-15(8-9-24-16)19(18(20)22)10-12-2-3-12/h4-9,12,16H,2-3,10-11H2,1H3/q+1. The lowest BCUT2D eigenvalue weighted by Crippen LogP contribution is -2.55. The minimum atomic E-state index is -0.278. The van der Waals surface area contributed by atoms with Crippen LogP contribution in [0.5, 0.6) is 5.75 Å². The fraction of sp³-hybridized carbons (Fsp3) is 0.389. The Kier molecular flexibility index (Phi) is 3.92. The first-order valence-corrected chi connectivity index (χ1v) is 9.06. The van der Waals surface area contributed by atoms with E-state index in [0.29, 0.717) is 12.5 Å². The lowest BCUT2D eigenvalue weighted by molar-refractivity contribution is -0.442. The Labute approximate surface area is 145 Å². The molecule has 1 fully saturated rings. The Morgan fingerprint density at radius 3 is 2.67 bits per heavy atom. The molecule has 3 amide bonds. The van der Waals surface area contributed by atoms with E-state index in [4.69, 9.17) is 4.74 Å². The highest BCUT2D eigenvalue weighted by Crippen LogP contribution is 2.33. The maximum atomic E-state index is 12.9. The Hall–Kier alpha value is -2.08. The average molecular weight is 343 g/mol. The molecule has 5 nitrogen and oxygen atoms in total. The van der Waals surface area contributed by atoms with E-state index >= 15 is 0 Å². The summed E-state index contributed by atoms with van der Waals surface area (Å²) in [5.41, 5.74) is 1.77. The van der Waals surface area contributed by atoms with Crippen LogP contribution in [0.2, 0.25) is 0 Å². The van der Waals surface area contributed by atoms with E-state index in [0.717, 1.165) is 23.6 Å². The van der Waals surface area contributed by atoms with Crippen LogP contribution in [0.3, 0.4) is 0 Å². The molecule has 0 N–H and O–H groups in total. The number of fused-ring (bicyclic) bond motifs is 1. The van der Waals surface area contributed by atoms with Gasteiger partial charge in [-0.25, -0.2) is 4.79 Å². The summed E-state index contributed by atoms with van der Waals surface area (Å²) < 4.78 is 6.96. The van der Waals surface area contributed by atoms with Gasteiger partial charge in [0.1, 0.15) is 18.0 Å². The molecule has 0 radical (unpaired) electrons. The molecular formula is C18H19N2O3S+. The minimum Gasteiger partial charge on any atom is -0.497 e. The lowest BCUT2D eigenvalue weighted by atomic mass is 10.1. The van der Waals surface area contributed by atoms with Crippen LogP contribution in [-0.2, 0) is 11.3 Å². The highest BCUT2D eigenvalue weighted by atomic mass is 32.2. The summed E-state index contributed by atoms with van der Waals surface area (Å²) in [4.78, 5) is 27.1. The fourth-order valence-electron chi connectivity index (χ4n) is 3.05. The number of urea groups is 1. The third-order valence-electron chi connectivity index (χ3n) is 4.62. The zero-order valence-electron chi connectivity index (χ0n) is 13.5. The molecule has 0 aromatic heterocycles. The van der Waals surface area contributed by atoms with E-state index < -0.39 is 0 Å². The number of thioether (sulfide) groups is 1. The maximum Gasteiger partial charge on any atom is 0.501 e. The van der Waals surface area contributed by atoms with Crippen molar-refractivity contribution in [3.05, 3.63) is 41.3 Å². The summed E-state index contributed by atoms with van der Waals surface area (Å²) in [5.74, 6) is 1.22. The predicted molar refractivity (Wildman–Crippen MR) is 92.3 cm³/mol. The van der Waals surface area contributed by atoms with Gasteiger partial charge in [0.05, 0.1) is 13.7 Å². The normalized spacial score (nSPS) is 23.0. The Morgan fingerprint density at radius 2 is 2.00 bits per heavy atom. The zero-order chi connectivity index (χ0) is 16.7. The number of allylic oxidation sites excluding steroid dienone is 1. The molecule has 1 aromatic carbocycles. The number of imide groups is 1. The highest BCUT2D eigenvalue weighted by molar-refractivity contribution is 8.04. The third-order valence-corrected chi connectivity index (χ3v) is 5.63. The van der Waals surface area contributed by atoms with E-state index in [9.17, 15) is 9.59 Å². The third kappa shape index (κ3) is 2.75. The van der Waals surface area contributed by atoms with Crippen molar-refractivity contribution in [2.45, 2.75) is 24.6 Å². The second kappa shape index (κ2) is 6.09. The molecule has 0 bridgehead atoms. The molecule has 1 saturated carbocycles. The topological polar surface area (TPSA) is 49.6 Å². The van der Waals surface area contributed by atoms with Gasteiger partial charge in [0.2, 0.25) is 0 Å². The maximum absolute atomic E-state index is 12.9. The number of hydrogen-bond acceptors (Lipinski definition) is 4. The number of carbonyl (C=O) groups is 2. The summed E-state index contributed by atoms with van der Waals surface area (Å²) in [5, 5.41) is 1.64. The number of hydrogen-bond donors (Lipinski definition) is 0. The number of ether oxygens (including phenoxy) is 1. The molecule has 2 aliphatic heterocycles. The van der Waals surface area contributed by atoms with E-state index in [1.807, 2.05) is 40.3 Å². The van der Waals surface area contributed by atoms with Crippen molar-refractivity contribution in [3.63, 3.8) is 0 Å². The van der Waals surface area contributed by atoms with Crippen molar-refractivity contribution >= 4 is 29.4 Å². The quantitative estimate of drug-likeness (QED) is 0.771. The first kappa shape index (κ1) is 15.4. The zero-order valence-corrected chi connectivity index (χ0v) is 14.3. The average Bonchev–Trinajstić information content (AvgIpc) is 3.29. The van der Waals surface area contributed by atoms with Crippen LogP contribution in [-0.4, -0.2) is 46.0 Å². The molecular weight excluding hydrogens is 324 g/mol. The largest absolute Gasteiger partial charge is 0.501 e. The summed E-state index contributed by atoms with van der Waals surface area (Å²) in [6, 6.07) is 7.29. The number of carbonyl (C=O) groups excluding carboxylic acids is 2. The van der Waals surface area contributed by atoms with Crippen molar-refractivity contribution in [2.75, 3.05) is 13.7 Å². The monoisotopic (exact) mass is 343 g/mol. The van der Waals surface area contributed by atoms with Crippen LogP contribution in [0.1, 0.15) is 18.4 Å². The second-order valence-corrected chi connectivity index (χ2v) is 7.37. The molecule has 3 aliphatic rings. The SMILES string of the molecule is COc1ccc(CN2C(=O)C3SC=CC3=[N+](CC3CC3)C2=O)cc1. The van der Waals surface area contributed by atoms with Gasteiger partial charge in [-0.1, -0.05) is 12.1 Å². The smallest absolute Gasteiger partial charge is 0.497 e. The Balaban J connectivity index is 1.61. The van der Waals surface area contributed by atoms with E-state index in [2.05, 4.69) is 0 Å². The van der Waals surface area contributed by atoms with Crippen molar-refractivity contribution in [1.82, 2.24) is 4.90 Å². The summed E-state index contributed by atoms with van der Waals surface area (Å²) in [6.45, 7) is 1.02. The first-order chi connectivity index (χ1) is 11.7. The Bertz CT molecular complexity index is 750. The van der Waals surface area contributed by atoms with Crippen LogP contribution >= 0.6 is 11.8 Å². The van der Waals surface area contributed by atoms with Crippen LogP contribution < -0.4 is 4.74 Å². The number of benzene rings is 1. The number of methoxy groups -OCH3 is 1. The van der Waals surface area contributed by atoms with Crippen LogP contribution in [0.15, 0.2) is 35.7 Å². The summed E-state index contributed by atoms with van der Waals surface area (Å²) >= 11 is 1.49. The molecule has 1 atom stereocenters. The molecule has 0 spiro atoms. The van der Waals surface area contributed by atoms with E-state index in [1.54, 1.807) is 7.11 Å². The van der Waals surface area contributed by atoms with Crippen LogP contribution in [0.4, 0.5) is 4.79 Å². The van der Waals surface area contributed by atoms with Gasteiger partial charge in [-0.05, 0) is 47.9 Å². The molecule has 1 unspecified atom stereocenters. The van der Waals surface area contributed by atoms with Gasteiger partial charge >= 0.3 is 11.9 Å². The van der Waals surface area contributed by atoms with Crippen LogP contribution in [0, 0.1) is 5.92 Å². The number of nitrogens with zero attached hydrogens (tertiary/aromatic N) is 2. The second-order valence-electron chi connectivity index (χ2n) is 6.35. The molecule has 124 valence electrons. The van der Waals surface area contributed by atoms with Gasteiger partial charge in [0, 0.05) is 0 Å². The molecule has 24 heavy (non-hydrogen) atoms. The van der Waals surface area contributed by atoms with Gasteiger partial charge in [-0.3, -0.25) is 0 Å². The Morgan fingerprint density at radius 1 is 1.25 bits per heavy atom. The molecule has 4 rings (SSSR count). The molecule has 1 aromatic rings. The fourth-order valence-corrected chi connectivity index (χ4v) is 4.02. The molecule has 1 aliphatic carbocycles. The number of rotatable bonds is 5. The first-order valence-electron chi connectivity index (χ1n) is 8.12. The summed E-state index contributed by atoms with van der Waals surface area (Å²) in [6.07, 6.45) is 4.26. The van der Waals surface area contributed by atoms with E-state index in [-0.39, 0.29) is 17.2 Å². The van der Waals surface area contributed by atoms with Crippen molar-refractivity contribution in [3.8, 4) is 5.75 Å². The number of amides is 3.